The van der Waals surface area contributed by atoms with Crippen molar-refractivity contribution in [2.24, 2.45) is 17.8 Å². The van der Waals surface area contributed by atoms with Crippen LogP contribution in [0.25, 0.3) is 0 Å². The second kappa shape index (κ2) is 5.51. The lowest BCUT2D eigenvalue weighted by molar-refractivity contribution is -0.00254. The predicted octanol–water partition coefficient (Wildman–Crippen LogP) is 3.50. The Balaban J connectivity index is 1.97. The minimum atomic E-state index is 0.310. The van der Waals surface area contributed by atoms with E-state index in [-0.39, 0.29) is 0 Å². The molecule has 3 heteroatoms. The molecule has 0 bridgehead atoms. The number of alkyl halides is 1. The Bertz CT molecular complexity index is 276. The monoisotopic (exact) mass is 285 g/mol. The third-order valence-electron chi connectivity index (χ3n) is 4.19. The summed E-state index contributed by atoms with van der Waals surface area (Å²) in [5.74, 6) is 1.79. The Morgan fingerprint density at radius 2 is 2.12 bits per heavy atom. The van der Waals surface area contributed by atoms with Gasteiger partial charge < -0.3 is 4.74 Å². The number of ether oxygens (including phenoxy) is 1. The van der Waals surface area contributed by atoms with Gasteiger partial charge in [-0.15, -0.1) is 0 Å². The van der Waals surface area contributed by atoms with Crippen LogP contribution in [-0.2, 0) is 4.74 Å². The second-order valence-corrected chi connectivity index (χ2v) is 6.14. The average molecular weight is 286 g/mol. The molecule has 5 unspecified atom stereocenters. The number of fused-ring (bicyclic) bond motifs is 1. The van der Waals surface area contributed by atoms with Crippen molar-refractivity contribution in [2.75, 3.05) is 6.61 Å². The highest BCUT2D eigenvalue weighted by atomic mass is 79.9. The number of hydrogen-bond acceptors (Lipinski definition) is 2. The first-order valence-corrected chi connectivity index (χ1v) is 7.33. The van der Waals surface area contributed by atoms with E-state index in [1.165, 1.54) is 12.8 Å². The minimum absolute atomic E-state index is 0.310. The van der Waals surface area contributed by atoms with Crippen molar-refractivity contribution >= 4 is 15.9 Å². The van der Waals surface area contributed by atoms with Crippen molar-refractivity contribution in [1.82, 2.24) is 0 Å². The van der Waals surface area contributed by atoms with Gasteiger partial charge in [0.1, 0.15) is 0 Å². The molecule has 0 radical (unpaired) electrons. The molecule has 2 aliphatic carbocycles. The maximum absolute atomic E-state index is 9.00. The lowest BCUT2D eigenvalue weighted by atomic mass is 9.67. The SMILES string of the molecule is CCOC1CCC2CC(C#N)CCC2C1Br. The van der Waals surface area contributed by atoms with Gasteiger partial charge in [-0.3, -0.25) is 0 Å². The standard InChI is InChI=1S/C13H20BrNO/c1-2-16-12-6-4-10-7-9(8-15)3-5-11(10)13(12)14/h9-13H,2-7H2,1H3. The highest BCUT2D eigenvalue weighted by Gasteiger charge is 2.41. The highest BCUT2D eigenvalue weighted by molar-refractivity contribution is 9.09. The summed E-state index contributed by atoms with van der Waals surface area (Å²) in [5, 5.41) is 9.00. The van der Waals surface area contributed by atoms with Crippen molar-refractivity contribution in [3.8, 4) is 6.07 Å². The summed E-state index contributed by atoms with van der Waals surface area (Å²) >= 11 is 3.83. The van der Waals surface area contributed by atoms with Crippen LogP contribution in [0.3, 0.4) is 0 Å². The molecule has 16 heavy (non-hydrogen) atoms. The fourth-order valence-corrected chi connectivity index (χ4v) is 4.47. The van der Waals surface area contributed by atoms with E-state index >= 15 is 0 Å². The van der Waals surface area contributed by atoms with Crippen molar-refractivity contribution < 1.29 is 4.74 Å². The van der Waals surface area contributed by atoms with E-state index in [0.717, 1.165) is 37.7 Å². The van der Waals surface area contributed by atoms with Gasteiger partial charge >= 0.3 is 0 Å². The molecule has 2 saturated carbocycles. The minimum Gasteiger partial charge on any atom is -0.377 e. The van der Waals surface area contributed by atoms with Gasteiger partial charge in [0.25, 0.3) is 0 Å². The molecule has 90 valence electrons. The smallest absolute Gasteiger partial charge is 0.0702 e. The summed E-state index contributed by atoms with van der Waals surface area (Å²) in [6.07, 6.45) is 6.19. The zero-order valence-corrected chi connectivity index (χ0v) is 11.4. The number of nitriles is 1. The summed E-state index contributed by atoms with van der Waals surface area (Å²) in [6, 6.07) is 2.44. The summed E-state index contributed by atoms with van der Waals surface area (Å²) in [7, 11) is 0. The quantitative estimate of drug-likeness (QED) is 0.728. The molecular weight excluding hydrogens is 266 g/mol. The molecule has 0 amide bonds. The number of halogens is 1. The van der Waals surface area contributed by atoms with E-state index in [4.69, 9.17) is 10.00 Å². The summed E-state index contributed by atoms with van der Waals surface area (Å²) < 4.78 is 5.79. The van der Waals surface area contributed by atoms with Crippen LogP contribution in [0.15, 0.2) is 0 Å². The van der Waals surface area contributed by atoms with Crippen LogP contribution in [0.5, 0.6) is 0 Å². The van der Waals surface area contributed by atoms with Crippen molar-refractivity contribution in [2.45, 2.75) is 50.0 Å². The summed E-state index contributed by atoms with van der Waals surface area (Å²) in [6.45, 7) is 2.88. The molecule has 0 aromatic rings. The Morgan fingerprint density at radius 3 is 2.81 bits per heavy atom. The second-order valence-electron chi connectivity index (χ2n) is 5.08. The number of rotatable bonds is 2. The lowest BCUT2D eigenvalue weighted by Crippen LogP contribution is -2.42. The largest absolute Gasteiger partial charge is 0.377 e. The van der Waals surface area contributed by atoms with E-state index < -0.39 is 0 Å². The third kappa shape index (κ3) is 2.43. The van der Waals surface area contributed by atoms with Gasteiger partial charge in [-0.2, -0.15) is 5.26 Å². The van der Waals surface area contributed by atoms with Gasteiger partial charge in [-0.25, -0.2) is 0 Å². The average Bonchev–Trinajstić information content (AvgIpc) is 2.32. The van der Waals surface area contributed by atoms with Crippen LogP contribution in [0, 0.1) is 29.1 Å². The molecule has 0 aliphatic heterocycles. The Kier molecular flexibility index (Phi) is 4.27. The Morgan fingerprint density at radius 1 is 1.31 bits per heavy atom. The van der Waals surface area contributed by atoms with E-state index in [1.807, 2.05) is 0 Å². The Labute approximate surface area is 106 Å². The first kappa shape index (κ1) is 12.4. The van der Waals surface area contributed by atoms with Crippen LogP contribution < -0.4 is 0 Å². The fourth-order valence-electron chi connectivity index (χ4n) is 3.36. The summed E-state index contributed by atoms with van der Waals surface area (Å²) in [4.78, 5) is 0.505. The normalized spacial score (nSPS) is 43.4. The number of hydrogen-bond donors (Lipinski definition) is 0. The van der Waals surface area contributed by atoms with Gasteiger partial charge in [0, 0.05) is 17.4 Å². The summed E-state index contributed by atoms with van der Waals surface area (Å²) in [5.41, 5.74) is 0. The van der Waals surface area contributed by atoms with Gasteiger partial charge in [-0.1, -0.05) is 15.9 Å². The van der Waals surface area contributed by atoms with Gasteiger partial charge in [-0.05, 0) is 50.9 Å². The molecule has 0 aromatic heterocycles. The fraction of sp³-hybridized carbons (Fsp3) is 0.923. The molecule has 0 aromatic carbocycles. The van der Waals surface area contributed by atoms with Gasteiger partial charge in [0.2, 0.25) is 0 Å². The first-order chi connectivity index (χ1) is 7.76. The van der Waals surface area contributed by atoms with Gasteiger partial charge in [0.05, 0.1) is 12.2 Å². The van der Waals surface area contributed by atoms with Crippen molar-refractivity contribution in [1.29, 1.82) is 5.26 Å². The van der Waals surface area contributed by atoms with E-state index in [2.05, 4.69) is 28.9 Å². The molecule has 2 aliphatic rings. The highest BCUT2D eigenvalue weighted by Crippen LogP contribution is 2.45. The number of nitrogens with zero attached hydrogens (tertiary/aromatic N) is 1. The lowest BCUT2D eigenvalue weighted by Gasteiger charge is -2.44. The molecule has 2 fully saturated rings. The molecule has 2 nitrogen and oxygen atoms in total. The zero-order chi connectivity index (χ0) is 11.5. The van der Waals surface area contributed by atoms with E-state index in [0.29, 0.717) is 16.8 Å². The van der Waals surface area contributed by atoms with Crippen molar-refractivity contribution in [3.05, 3.63) is 0 Å². The molecule has 0 saturated heterocycles. The molecule has 0 heterocycles. The van der Waals surface area contributed by atoms with E-state index in [9.17, 15) is 0 Å². The molecule has 0 spiro atoms. The van der Waals surface area contributed by atoms with Crippen LogP contribution in [0.4, 0.5) is 0 Å². The van der Waals surface area contributed by atoms with Crippen molar-refractivity contribution in [3.63, 3.8) is 0 Å². The van der Waals surface area contributed by atoms with Gasteiger partial charge in [0.15, 0.2) is 0 Å². The third-order valence-corrected chi connectivity index (χ3v) is 5.46. The van der Waals surface area contributed by atoms with Crippen LogP contribution >= 0.6 is 15.9 Å². The molecular formula is C13H20BrNO. The topological polar surface area (TPSA) is 33.0 Å². The van der Waals surface area contributed by atoms with Crippen LogP contribution in [0.2, 0.25) is 0 Å². The maximum atomic E-state index is 9.00. The Hall–Kier alpha value is -0.0700. The van der Waals surface area contributed by atoms with Crippen LogP contribution in [0.1, 0.15) is 39.0 Å². The zero-order valence-electron chi connectivity index (χ0n) is 9.86. The molecule has 0 N–H and O–H groups in total. The molecule has 5 atom stereocenters. The maximum Gasteiger partial charge on any atom is 0.0702 e. The first-order valence-electron chi connectivity index (χ1n) is 6.41. The van der Waals surface area contributed by atoms with E-state index in [1.54, 1.807) is 0 Å². The predicted molar refractivity (Wildman–Crippen MR) is 67.3 cm³/mol. The molecule has 2 rings (SSSR count). The van der Waals surface area contributed by atoms with Crippen LogP contribution in [-0.4, -0.2) is 17.5 Å².